The number of anilines is 2. The average molecular weight is 428 g/mol. The van der Waals surface area contributed by atoms with Gasteiger partial charge in [-0.25, -0.2) is 4.79 Å². The fourth-order valence-corrected chi connectivity index (χ4v) is 3.79. The van der Waals surface area contributed by atoms with Crippen molar-refractivity contribution in [1.82, 2.24) is 14.7 Å². The molecule has 1 aliphatic rings. The maximum Gasteiger partial charge on any atom is 0.410 e. The van der Waals surface area contributed by atoms with Crippen LogP contribution in [0.25, 0.3) is 0 Å². The Morgan fingerprint density at radius 3 is 2.39 bits per heavy atom. The van der Waals surface area contributed by atoms with E-state index in [1.165, 1.54) is 0 Å². The predicted octanol–water partition coefficient (Wildman–Crippen LogP) is 3.81. The number of nitrogens with zero attached hydrogens (tertiary/aromatic N) is 4. The van der Waals surface area contributed by atoms with E-state index in [9.17, 15) is 9.59 Å². The summed E-state index contributed by atoms with van der Waals surface area (Å²) < 4.78 is 7.24. The molecule has 2 amide bonds. The average Bonchev–Trinajstić information content (AvgIpc) is 3.05. The molecule has 0 radical (unpaired) electrons. The van der Waals surface area contributed by atoms with Crippen molar-refractivity contribution in [2.24, 2.45) is 7.05 Å². The van der Waals surface area contributed by atoms with Crippen LogP contribution in [-0.2, 0) is 24.8 Å². The highest BCUT2D eigenvalue weighted by atomic mass is 16.6. The minimum Gasteiger partial charge on any atom is -0.444 e. The molecule has 1 aromatic carbocycles. The molecule has 0 saturated carbocycles. The van der Waals surface area contributed by atoms with Gasteiger partial charge in [0, 0.05) is 55.7 Å². The monoisotopic (exact) mass is 427 g/mol. The van der Waals surface area contributed by atoms with Gasteiger partial charge in [0.25, 0.3) is 5.91 Å². The zero-order valence-electron chi connectivity index (χ0n) is 19.4. The van der Waals surface area contributed by atoms with Crippen LogP contribution in [-0.4, -0.2) is 51.9 Å². The lowest BCUT2D eigenvalue weighted by Gasteiger charge is -2.30. The van der Waals surface area contributed by atoms with Gasteiger partial charge in [-0.2, -0.15) is 5.10 Å². The number of carbonyl (C=O) groups excluding carboxylic acids is 2. The molecule has 2 heterocycles. The summed E-state index contributed by atoms with van der Waals surface area (Å²) in [5.74, 6) is -0.279. The summed E-state index contributed by atoms with van der Waals surface area (Å²) in [5, 5.41) is 7.38. The molecule has 1 aromatic heterocycles. The van der Waals surface area contributed by atoms with Crippen LogP contribution in [0.2, 0.25) is 0 Å². The molecule has 0 atom stereocenters. The van der Waals surface area contributed by atoms with Crippen molar-refractivity contribution in [2.45, 2.75) is 53.2 Å². The first-order valence-electron chi connectivity index (χ1n) is 10.8. The third-order valence-electron chi connectivity index (χ3n) is 5.36. The number of hydrogen-bond donors (Lipinski definition) is 1. The van der Waals surface area contributed by atoms with Crippen molar-refractivity contribution >= 4 is 23.4 Å². The van der Waals surface area contributed by atoms with Gasteiger partial charge < -0.3 is 19.9 Å². The van der Waals surface area contributed by atoms with E-state index >= 15 is 0 Å². The fourth-order valence-electron chi connectivity index (χ4n) is 3.79. The smallest absolute Gasteiger partial charge is 0.410 e. The van der Waals surface area contributed by atoms with Crippen molar-refractivity contribution < 1.29 is 14.3 Å². The molecule has 3 rings (SSSR count). The van der Waals surface area contributed by atoms with Gasteiger partial charge in [0.1, 0.15) is 5.60 Å². The second-order valence-electron chi connectivity index (χ2n) is 8.72. The Morgan fingerprint density at radius 1 is 1.16 bits per heavy atom. The lowest BCUT2D eigenvalue weighted by Crippen LogP contribution is -2.40. The maximum absolute atomic E-state index is 13.0. The predicted molar refractivity (Wildman–Crippen MR) is 122 cm³/mol. The van der Waals surface area contributed by atoms with Gasteiger partial charge in [-0.05, 0) is 58.9 Å². The highest BCUT2D eigenvalue weighted by Crippen LogP contribution is 2.25. The first-order chi connectivity index (χ1) is 14.6. The third kappa shape index (κ3) is 5.18. The highest BCUT2D eigenvalue weighted by Gasteiger charge is 2.31. The molecular weight excluding hydrogens is 394 g/mol. The molecule has 1 N–H and O–H groups in total. The van der Waals surface area contributed by atoms with Crippen LogP contribution in [0.5, 0.6) is 0 Å². The summed E-state index contributed by atoms with van der Waals surface area (Å²) in [7, 11) is 1.83. The van der Waals surface area contributed by atoms with Crippen LogP contribution in [0.1, 0.15) is 56.4 Å². The quantitative estimate of drug-likeness (QED) is 0.785. The van der Waals surface area contributed by atoms with Crippen molar-refractivity contribution in [2.75, 3.05) is 29.9 Å². The summed E-state index contributed by atoms with van der Waals surface area (Å²) in [4.78, 5) is 29.4. The molecule has 0 saturated heterocycles. The van der Waals surface area contributed by atoms with Crippen LogP contribution in [0.15, 0.2) is 24.3 Å². The van der Waals surface area contributed by atoms with E-state index < -0.39 is 5.60 Å². The minimum atomic E-state index is -0.566. The largest absolute Gasteiger partial charge is 0.444 e. The van der Waals surface area contributed by atoms with Gasteiger partial charge in [-0.15, -0.1) is 0 Å². The van der Waals surface area contributed by atoms with Crippen molar-refractivity contribution in [1.29, 1.82) is 0 Å². The van der Waals surface area contributed by atoms with Gasteiger partial charge in [-0.3, -0.25) is 9.48 Å². The van der Waals surface area contributed by atoms with Gasteiger partial charge in [0.2, 0.25) is 0 Å². The van der Waals surface area contributed by atoms with Crippen molar-refractivity contribution in [3.63, 3.8) is 0 Å². The van der Waals surface area contributed by atoms with Gasteiger partial charge in [0.15, 0.2) is 5.69 Å². The van der Waals surface area contributed by atoms with Crippen LogP contribution < -0.4 is 10.2 Å². The zero-order valence-corrected chi connectivity index (χ0v) is 19.4. The number of aromatic nitrogens is 2. The number of fused-ring (bicyclic) bond motifs is 1. The van der Waals surface area contributed by atoms with E-state index in [1.54, 1.807) is 9.58 Å². The minimum absolute atomic E-state index is 0.279. The van der Waals surface area contributed by atoms with E-state index in [-0.39, 0.29) is 12.0 Å². The molecule has 1 aliphatic heterocycles. The standard InChI is InChI=1S/C23H33N5O3/c1-7-27(8-2)17-11-9-16(10-12-17)24-21(29)20-18-15-28(22(30)31-23(3,4)5)14-13-19(18)26(6)25-20/h9-12H,7-8,13-15H2,1-6H3,(H,24,29). The second kappa shape index (κ2) is 8.99. The summed E-state index contributed by atoms with van der Waals surface area (Å²) in [6, 6.07) is 7.80. The highest BCUT2D eigenvalue weighted by molar-refractivity contribution is 6.04. The molecule has 0 spiro atoms. The SMILES string of the molecule is CCN(CC)c1ccc(NC(=O)c2nn(C)c3c2CN(C(=O)OC(C)(C)C)CC3)cc1. The van der Waals surface area contributed by atoms with Crippen LogP contribution in [0.4, 0.5) is 16.2 Å². The molecule has 8 heteroatoms. The molecule has 0 bridgehead atoms. The molecule has 0 fully saturated rings. The number of rotatable bonds is 5. The molecule has 2 aromatic rings. The Bertz CT molecular complexity index is 939. The molecule has 168 valence electrons. The van der Waals surface area contributed by atoms with E-state index in [0.29, 0.717) is 30.9 Å². The number of nitrogens with one attached hydrogen (secondary N) is 1. The normalized spacial score (nSPS) is 13.5. The molecule has 0 unspecified atom stereocenters. The second-order valence-corrected chi connectivity index (χ2v) is 8.72. The number of amides is 2. The van der Waals surface area contributed by atoms with E-state index in [1.807, 2.05) is 52.1 Å². The van der Waals surface area contributed by atoms with Crippen LogP contribution in [0.3, 0.4) is 0 Å². The summed E-state index contributed by atoms with van der Waals surface area (Å²) in [5.41, 5.74) is 3.35. The topological polar surface area (TPSA) is 79.7 Å². The number of hydrogen-bond acceptors (Lipinski definition) is 5. The van der Waals surface area contributed by atoms with Gasteiger partial charge in [-0.1, -0.05) is 0 Å². The Kier molecular flexibility index (Phi) is 6.57. The fraction of sp³-hybridized carbons (Fsp3) is 0.522. The first kappa shape index (κ1) is 22.7. The first-order valence-corrected chi connectivity index (χ1v) is 10.8. The molecule has 31 heavy (non-hydrogen) atoms. The molecule has 8 nitrogen and oxygen atoms in total. The van der Waals surface area contributed by atoms with Gasteiger partial charge in [0.05, 0.1) is 6.54 Å². The lowest BCUT2D eigenvalue weighted by molar-refractivity contribution is 0.0222. The molecular formula is C23H33N5O3. The summed E-state index contributed by atoms with van der Waals surface area (Å²) in [6.07, 6.45) is 0.254. The number of benzene rings is 1. The van der Waals surface area contributed by atoms with Crippen molar-refractivity contribution in [3.05, 3.63) is 41.2 Å². The zero-order chi connectivity index (χ0) is 22.8. The van der Waals surface area contributed by atoms with E-state index in [0.717, 1.165) is 30.0 Å². The van der Waals surface area contributed by atoms with E-state index in [2.05, 4.69) is 29.2 Å². The maximum atomic E-state index is 13.0. The van der Waals surface area contributed by atoms with E-state index in [4.69, 9.17) is 4.74 Å². The Balaban J connectivity index is 1.76. The van der Waals surface area contributed by atoms with Crippen molar-refractivity contribution in [3.8, 4) is 0 Å². The number of aryl methyl sites for hydroxylation is 1. The number of ether oxygens (including phenoxy) is 1. The third-order valence-corrected chi connectivity index (χ3v) is 5.36. The Morgan fingerprint density at radius 2 is 1.81 bits per heavy atom. The lowest BCUT2D eigenvalue weighted by atomic mass is 10.0. The Labute approximate surface area is 184 Å². The van der Waals surface area contributed by atoms with Crippen LogP contribution in [0, 0.1) is 0 Å². The Hall–Kier alpha value is -3.03. The van der Waals surface area contributed by atoms with Crippen LogP contribution >= 0.6 is 0 Å². The molecule has 0 aliphatic carbocycles. The number of carbonyl (C=O) groups is 2. The van der Waals surface area contributed by atoms with Gasteiger partial charge >= 0.3 is 6.09 Å². The summed E-state index contributed by atoms with van der Waals surface area (Å²) >= 11 is 0. The summed E-state index contributed by atoms with van der Waals surface area (Å²) in [6.45, 7) is 12.5.